The van der Waals surface area contributed by atoms with Gasteiger partial charge in [-0.15, -0.1) is 0 Å². The molecule has 1 spiro atoms. The maximum absolute atomic E-state index is 12.8. The van der Waals surface area contributed by atoms with Crippen LogP contribution in [0, 0.1) is 5.41 Å². The first-order valence-corrected chi connectivity index (χ1v) is 10.4. The second-order valence-corrected chi connectivity index (χ2v) is 10.8. The average molecular weight is 375 g/mol. The molecule has 1 aliphatic carbocycles. The molecule has 6 heteroatoms. The molecule has 26 heavy (non-hydrogen) atoms. The number of rotatable bonds is 1. The molecule has 1 aromatic rings. The van der Waals surface area contributed by atoms with E-state index in [0.717, 1.165) is 43.4 Å². The molecule has 1 amide bonds. The third-order valence-electron chi connectivity index (χ3n) is 6.10. The molecule has 0 unspecified atom stereocenters. The van der Waals surface area contributed by atoms with Crippen molar-refractivity contribution in [3.63, 3.8) is 0 Å². The van der Waals surface area contributed by atoms with Gasteiger partial charge in [0, 0.05) is 23.1 Å². The molecule has 0 aromatic heterocycles. The van der Waals surface area contributed by atoms with E-state index in [1.165, 1.54) is 5.56 Å². The summed E-state index contributed by atoms with van der Waals surface area (Å²) in [5, 5.41) is 9.59. The second kappa shape index (κ2) is 5.99. The number of fused-ring (bicyclic) bond motifs is 3. The number of carbonyl (C=O) groups is 1. The number of hydrogen-bond acceptors (Lipinski definition) is 3. The Kier molecular flexibility index (Phi) is 4.12. The Morgan fingerprint density at radius 3 is 2.46 bits per heavy atom. The van der Waals surface area contributed by atoms with Gasteiger partial charge in [-0.25, -0.2) is 4.79 Å². The highest BCUT2D eigenvalue weighted by molar-refractivity contribution is 7.91. The van der Waals surface area contributed by atoms with Crippen molar-refractivity contribution in [1.29, 1.82) is 0 Å². The first-order chi connectivity index (χ1) is 12.2. The molecule has 3 aliphatic rings. The molecule has 0 saturated carbocycles. The van der Waals surface area contributed by atoms with Crippen molar-refractivity contribution in [3.8, 4) is 0 Å². The molecule has 2 bridgehead atoms. The molecule has 1 N–H and O–H groups in total. The molecule has 2 aliphatic heterocycles. The molecule has 3 atom stereocenters. The highest BCUT2D eigenvalue weighted by Crippen LogP contribution is 2.53. The lowest BCUT2D eigenvalue weighted by atomic mass is 9.71. The van der Waals surface area contributed by atoms with Crippen LogP contribution in [-0.4, -0.2) is 43.2 Å². The van der Waals surface area contributed by atoms with Crippen molar-refractivity contribution in [2.75, 3.05) is 0 Å². The molecule has 2 saturated heterocycles. The van der Waals surface area contributed by atoms with Crippen LogP contribution in [0.1, 0.15) is 57.6 Å². The van der Waals surface area contributed by atoms with Crippen LogP contribution in [0.15, 0.2) is 28.7 Å². The molecule has 140 valence electrons. The molecule has 4 rings (SSSR count). The summed E-state index contributed by atoms with van der Waals surface area (Å²) >= 11 is -1.32. The van der Waals surface area contributed by atoms with E-state index in [1.54, 1.807) is 4.90 Å². The summed E-state index contributed by atoms with van der Waals surface area (Å²) in [6.07, 6.45) is 3.48. The highest BCUT2D eigenvalue weighted by atomic mass is 32.2. The van der Waals surface area contributed by atoms with Crippen molar-refractivity contribution < 1.29 is 14.5 Å². The molecule has 1 aromatic carbocycles. The summed E-state index contributed by atoms with van der Waals surface area (Å²) in [6.45, 7) is 5.83. The Labute approximate surface area is 157 Å². The fraction of sp³-hybridized carbons (Fsp3) is 0.600. The van der Waals surface area contributed by atoms with Crippen molar-refractivity contribution in [1.82, 2.24) is 4.90 Å². The molecular formula is C20H26N2O3S. The van der Waals surface area contributed by atoms with Crippen LogP contribution >= 0.6 is 0 Å². The summed E-state index contributed by atoms with van der Waals surface area (Å²) in [5.74, 6) is 0. The molecule has 2 heterocycles. The van der Waals surface area contributed by atoms with Gasteiger partial charge in [0.2, 0.25) is 0 Å². The number of amides is 1. The Bertz CT molecular complexity index is 757. The zero-order chi connectivity index (χ0) is 18.7. The standard InChI is InChI=1S/C20H26N2O3S/c1-19(2,3)26(25)21-17-16-7-5-4-6-13(16)10-20(17)11-14-8-9-15(12-20)22(14)18(23)24/h4-7,14-15H,8-12H2,1-3H3,(H,23,24)/b21-17+/t14-,15-,26-/m1/s1. The predicted octanol–water partition coefficient (Wildman–Crippen LogP) is 3.79. The third kappa shape index (κ3) is 2.74. The predicted molar refractivity (Wildman–Crippen MR) is 103 cm³/mol. The maximum Gasteiger partial charge on any atom is 0.407 e. The van der Waals surface area contributed by atoms with E-state index in [1.807, 2.05) is 32.9 Å². The van der Waals surface area contributed by atoms with Crippen LogP contribution in [0.2, 0.25) is 0 Å². The van der Waals surface area contributed by atoms with E-state index < -0.39 is 22.2 Å². The van der Waals surface area contributed by atoms with Gasteiger partial charge in [-0.05, 0) is 58.4 Å². The summed E-state index contributed by atoms with van der Waals surface area (Å²) in [5.41, 5.74) is 3.12. The molecule has 2 fully saturated rings. The number of piperidine rings is 1. The van der Waals surface area contributed by atoms with Gasteiger partial charge in [-0.1, -0.05) is 28.7 Å². The summed E-state index contributed by atoms with van der Waals surface area (Å²) in [4.78, 5) is 13.3. The zero-order valence-electron chi connectivity index (χ0n) is 15.6. The van der Waals surface area contributed by atoms with E-state index in [0.29, 0.717) is 0 Å². The number of hydrogen-bond donors (Lipinski definition) is 1. The van der Waals surface area contributed by atoms with Gasteiger partial charge in [0.05, 0.1) is 0 Å². The third-order valence-corrected chi connectivity index (χ3v) is 7.49. The lowest BCUT2D eigenvalue weighted by molar-refractivity contribution is 0.0715. The highest BCUT2D eigenvalue weighted by Gasteiger charge is 2.56. The van der Waals surface area contributed by atoms with Crippen molar-refractivity contribution in [2.45, 2.75) is 69.7 Å². The first kappa shape index (κ1) is 17.9. The van der Waals surface area contributed by atoms with E-state index >= 15 is 0 Å². The minimum Gasteiger partial charge on any atom is -0.591 e. The van der Waals surface area contributed by atoms with Gasteiger partial charge < -0.3 is 14.6 Å². The first-order valence-electron chi connectivity index (χ1n) is 9.32. The van der Waals surface area contributed by atoms with Gasteiger partial charge in [0.25, 0.3) is 0 Å². The lowest BCUT2D eigenvalue weighted by Crippen LogP contribution is -2.52. The number of benzene rings is 1. The monoisotopic (exact) mass is 374 g/mol. The molecule has 0 radical (unpaired) electrons. The normalized spacial score (nSPS) is 32.9. The van der Waals surface area contributed by atoms with Crippen molar-refractivity contribution in [2.24, 2.45) is 9.81 Å². The van der Waals surface area contributed by atoms with Gasteiger partial charge in [-0.2, -0.15) is 0 Å². The summed E-state index contributed by atoms with van der Waals surface area (Å²) in [7, 11) is 0. The van der Waals surface area contributed by atoms with Crippen LogP contribution in [0.4, 0.5) is 4.79 Å². The van der Waals surface area contributed by atoms with Gasteiger partial charge in [0.1, 0.15) is 21.8 Å². The Morgan fingerprint density at radius 1 is 1.27 bits per heavy atom. The maximum atomic E-state index is 12.8. The second-order valence-electron chi connectivity index (χ2n) is 8.90. The van der Waals surface area contributed by atoms with Crippen LogP contribution in [0.25, 0.3) is 0 Å². The zero-order valence-corrected chi connectivity index (χ0v) is 16.4. The number of carboxylic acid groups (broad SMARTS) is 1. The van der Waals surface area contributed by atoms with Crippen molar-refractivity contribution >= 4 is 23.2 Å². The minimum atomic E-state index is -1.32. The largest absolute Gasteiger partial charge is 0.591 e. The van der Waals surface area contributed by atoms with E-state index in [2.05, 4.69) is 12.1 Å². The van der Waals surface area contributed by atoms with Crippen LogP contribution in [0.5, 0.6) is 0 Å². The Morgan fingerprint density at radius 2 is 1.88 bits per heavy atom. The minimum absolute atomic E-state index is 0.0498. The van der Waals surface area contributed by atoms with Crippen molar-refractivity contribution in [3.05, 3.63) is 35.4 Å². The van der Waals surface area contributed by atoms with Gasteiger partial charge >= 0.3 is 6.09 Å². The number of nitrogens with zero attached hydrogens (tertiary/aromatic N) is 2. The fourth-order valence-electron chi connectivity index (χ4n) is 5.00. The summed E-state index contributed by atoms with van der Waals surface area (Å²) in [6, 6.07) is 8.35. The van der Waals surface area contributed by atoms with E-state index in [-0.39, 0.29) is 17.5 Å². The molecule has 5 nitrogen and oxygen atoms in total. The quantitative estimate of drug-likeness (QED) is 0.760. The fourth-order valence-corrected chi connectivity index (χ4v) is 5.73. The Hall–Kier alpha value is -1.53. The Balaban J connectivity index is 1.77. The van der Waals surface area contributed by atoms with Gasteiger partial charge in [-0.3, -0.25) is 0 Å². The summed E-state index contributed by atoms with van der Waals surface area (Å²) < 4.78 is 17.2. The van der Waals surface area contributed by atoms with Gasteiger partial charge in [0.15, 0.2) is 0 Å². The van der Waals surface area contributed by atoms with Crippen LogP contribution in [0.3, 0.4) is 0 Å². The van der Waals surface area contributed by atoms with Crippen LogP contribution in [-0.2, 0) is 17.8 Å². The lowest BCUT2D eigenvalue weighted by Gasteiger charge is -2.43. The smallest absolute Gasteiger partial charge is 0.407 e. The van der Waals surface area contributed by atoms with E-state index in [9.17, 15) is 14.5 Å². The SMILES string of the molecule is CC(C)(C)[S@@+]([O-])/N=C1\c2ccccc2CC12C[C@H]1CC[C@H](C2)N1C(=O)O. The topological polar surface area (TPSA) is 76.0 Å². The average Bonchev–Trinajstić information content (AvgIpc) is 3.00. The van der Waals surface area contributed by atoms with E-state index in [4.69, 9.17) is 4.40 Å². The van der Waals surface area contributed by atoms with Crippen LogP contribution < -0.4 is 0 Å². The molecular weight excluding hydrogens is 348 g/mol.